The van der Waals surface area contributed by atoms with Crippen LogP contribution in [0.15, 0.2) is 59.4 Å². The van der Waals surface area contributed by atoms with E-state index in [9.17, 15) is 29.7 Å². The third kappa shape index (κ3) is 11.6. The largest absolute Gasteiger partial charge is 0.490 e. The molecule has 12 nitrogen and oxygen atoms in total. The maximum Gasteiger partial charge on any atom is 0.373 e. The van der Waals surface area contributed by atoms with Gasteiger partial charge in [0.15, 0.2) is 5.79 Å². The molecule has 282 valence electrons. The van der Waals surface area contributed by atoms with Crippen LogP contribution in [0, 0.1) is 29.6 Å². The third-order valence-corrected chi connectivity index (χ3v) is 9.93. The second kappa shape index (κ2) is 19.4. The average Bonchev–Trinajstić information content (AvgIpc) is 3.06. The number of ether oxygens (including phenoxy) is 5. The number of esters is 2. The van der Waals surface area contributed by atoms with Crippen molar-refractivity contribution in [1.29, 1.82) is 0 Å². The van der Waals surface area contributed by atoms with Crippen molar-refractivity contribution in [1.82, 2.24) is 0 Å². The molecule has 0 aromatic heterocycles. The first-order valence-electron chi connectivity index (χ1n) is 17.3. The highest BCUT2D eigenvalue weighted by Crippen LogP contribution is 2.41. The van der Waals surface area contributed by atoms with Crippen molar-refractivity contribution in [3.63, 3.8) is 0 Å². The van der Waals surface area contributed by atoms with Crippen LogP contribution in [0.5, 0.6) is 0 Å². The summed E-state index contributed by atoms with van der Waals surface area (Å²) < 4.78 is 28.9. The quantitative estimate of drug-likeness (QED) is 0.183. The van der Waals surface area contributed by atoms with E-state index in [2.05, 4.69) is 0 Å². The minimum Gasteiger partial charge on any atom is -0.490 e. The van der Waals surface area contributed by atoms with E-state index < -0.39 is 72.2 Å². The summed E-state index contributed by atoms with van der Waals surface area (Å²) in [5.74, 6) is -7.48. The van der Waals surface area contributed by atoms with Crippen molar-refractivity contribution in [2.24, 2.45) is 29.6 Å². The van der Waals surface area contributed by atoms with Gasteiger partial charge in [0.25, 0.3) is 0 Å². The van der Waals surface area contributed by atoms with Crippen molar-refractivity contribution < 1.29 is 58.5 Å². The fourth-order valence-corrected chi connectivity index (χ4v) is 6.76. The van der Waals surface area contributed by atoms with E-state index in [0.717, 1.165) is 11.6 Å². The Labute approximate surface area is 296 Å². The lowest BCUT2D eigenvalue weighted by Gasteiger charge is -2.49. The molecule has 2 aliphatic heterocycles. The van der Waals surface area contributed by atoms with E-state index in [1.54, 1.807) is 32.9 Å². The van der Waals surface area contributed by atoms with Crippen LogP contribution in [0.3, 0.4) is 0 Å². The smallest absolute Gasteiger partial charge is 0.373 e. The highest BCUT2D eigenvalue weighted by Gasteiger charge is 2.52. The Morgan fingerprint density at radius 2 is 1.80 bits per heavy atom. The molecule has 0 bridgehead atoms. The second-order valence-electron chi connectivity index (χ2n) is 13.9. The number of carbonyl (C=O) groups is 3. The predicted molar refractivity (Wildman–Crippen MR) is 186 cm³/mol. The fourth-order valence-electron chi connectivity index (χ4n) is 6.76. The summed E-state index contributed by atoms with van der Waals surface area (Å²) in [4.78, 5) is 36.9. The van der Waals surface area contributed by atoms with E-state index in [0.29, 0.717) is 24.5 Å². The van der Waals surface area contributed by atoms with Gasteiger partial charge in [0.2, 0.25) is 5.76 Å². The zero-order chi connectivity index (χ0) is 37.9. The molecule has 0 aliphatic carbocycles. The molecule has 4 N–H and O–H groups in total. The van der Waals surface area contributed by atoms with Crippen LogP contribution in [-0.2, 0) is 38.1 Å². The topological polar surface area (TPSA) is 178 Å². The van der Waals surface area contributed by atoms with E-state index in [1.807, 2.05) is 46.8 Å². The Balaban J connectivity index is 2.52. The average molecular weight is 707 g/mol. The molecule has 1 fully saturated rings. The molecule has 12 heteroatoms. The van der Waals surface area contributed by atoms with Gasteiger partial charge < -0.3 is 44.1 Å². The van der Waals surface area contributed by atoms with Gasteiger partial charge in [-0.05, 0) is 38.7 Å². The van der Waals surface area contributed by atoms with Gasteiger partial charge in [-0.1, -0.05) is 77.0 Å². The van der Waals surface area contributed by atoms with Gasteiger partial charge in [0.05, 0.1) is 25.4 Å². The first kappa shape index (κ1) is 42.9. The summed E-state index contributed by atoms with van der Waals surface area (Å²) in [6.45, 7) is 14.6. The normalized spacial score (nSPS) is 37.5. The summed E-state index contributed by atoms with van der Waals surface area (Å²) in [5, 5.41) is 43.6. The van der Waals surface area contributed by atoms with Crippen molar-refractivity contribution in [2.45, 2.75) is 117 Å². The highest BCUT2D eigenvalue weighted by atomic mass is 16.6. The zero-order valence-corrected chi connectivity index (χ0v) is 31.1. The molecule has 50 heavy (non-hydrogen) atoms. The third-order valence-electron chi connectivity index (χ3n) is 9.93. The van der Waals surface area contributed by atoms with Crippen molar-refractivity contribution in [2.75, 3.05) is 14.2 Å². The number of rotatable bonds is 10. The number of hydrogen-bond donors (Lipinski definition) is 4. The molecule has 12 atom stereocenters. The number of aliphatic carboxylic acids is 1. The number of carboxylic acids is 1. The van der Waals surface area contributed by atoms with Crippen molar-refractivity contribution in [3.8, 4) is 0 Å². The van der Waals surface area contributed by atoms with Crippen LogP contribution in [-0.4, -0.2) is 95.0 Å². The lowest BCUT2D eigenvalue weighted by Crippen LogP contribution is -2.58. The molecule has 0 amide bonds. The van der Waals surface area contributed by atoms with Crippen LogP contribution >= 0.6 is 0 Å². The number of aliphatic hydroxyl groups is 3. The zero-order valence-electron chi connectivity index (χ0n) is 31.1. The molecular weight excluding hydrogens is 648 g/mol. The number of carbonyl (C=O) groups excluding carboxylic acids is 2. The molecular formula is C38H58O12. The molecule has 2 heterocycles. The molecule has 0 unspecified atom stereocenters. The van der Waals surface area contributed by atoms with E-state index in [4.69, 9.17) is 28.8 Å². The number of allylic oxidation sites excluding steroid dienone is 5. The predicted octanol–water partition coefficient (Wildman–Crippen LogP) is 4.64. The Hall–Kier alpha value is -3.29. The van der Waals surface area contributed by atoms with Crippen LogP contribution in [0.4, 0.5) is 0 Å². The van der Waals surface area contributed by atoms with Gasteiger partial charge in [-0.25, -0.2) is 14.4 Å². The SMILES string of the molecule is CC[C@H]1O[C@@](O)([C@@H](C)[C@H](O)[C@H](C)[C@@H]2OC(=O)/C(OC)=C\C(C)=C/[C@@H](C)[C@@H](O)[C@@H](C)C/C(C)=C\C=C/[C@@H]2OC)C[C@@H](OC(=O)/C=C/C(=O)O)[C@@H]1C. The second-order valence-corrected chi connectivity index (χ2v) is 13.9. The molecule has 2 rings (SSSR count). The maximum absolute atomic E-state index is 13.6. The molecule has 0 spiro atoms. The van der Waals surface area contributed by atoms with Gasteiger partial charge in [0, 0.05) is 49.4 Å². The lowest BCUT2D eigenvalue weighted by atomic mass is 9.77. The van der Waals surface area contributed by atoms with Gasteiger partial charge in [-0.2, -0.15) is 0 Å². The van der Waals surface area contributed by atoms with Gasteiger partial charge in [-0.3, -0.25) is 0 Å². The van der Waals surface area contributed by atoms with Gasteiger partial charge >= 0.3 is 17.9 Å². The first-order valence-corrected chi connectivity index (χ1v) is 17.3. The minimum atomic E-state index is -1.97. The summed E-state index contributed by atoms with van der Waals surface area (Å²) in [5.41, 5.74) is 1.70. The Kier molecular flexibility index (Phi) is 16.6. The number of methoxy groups -OCH3 is 2. The van der Waals surface area contributed by atoms with E-state index in [-0.39, 0.29) is 29.9 Å². The molecule has 0 aromatic rings. The monoisotopic (exact) mass is 706 g/mol. The van der Waals surface area contributed by atoms with Crippen LogP contribution in [0.25, 0.3) is 0 Å². The lowest BCUT2D eigenvalue weighted by molar-refractivity contribution is -0.323. The molecule has 2 aliphatic rings. The van der Waals surface area contributed by atoms with E-state index >= 15 is 0 Å². The van der Waals surface area contributed by atoms with Crippen LogP contribution < -0.4 is 0 Å². The summed E-state index contributed by atoms with van der Waals surface area (Å²) >= 11 is 0. The summed E-state index contributed by atoms with van der Waals surface area (Å²) in [6, 6.07) is 0. The molecule has 0 saturated carbocycles. The number of cyclic esters (lactones) is 1. The minimum absolute atomic E-state index is 0.0440. The van der Waals surface area contributed by atoms with E-state index in [1.165, 1.54) is 20.3 Å². The van der Waals surface area contributed by atoms with Crippen molar-refractivity contribution >= 4 is 17.9 Å². The maximum atomic E-state index is 13.6. The molecule has 1 saturated heterocycles. The van der Waals surface area contributed by atoms with Gasteiger partial charge in [-0.15, -0.1) is 0 Å². The fraction of sp³-hybridized carbons (Fsp3) is 0.658. The number of carboxylic acid groups (broad SMARTS) is 1. The molecule has 0 radical (unpaired) electrons. The highest BCUT2D eigenvalue weighted by molar-refractivity contribution is 5.90. The summed E-state index contributed by atoms with van der Waals surface area (Å²) in [6.07, 6.45) is 5.90. The number of hydrogen-bond acceptors (Lipinski definition) is 11. The Bertz CT molecular complexity index is 1310. The molecule has 0 aromatic carbocycles. The first-order chi connectivity index (χ1) is 23.4. The Morgan fingerprint density at radius 1 is 1.14 bits per heavy atom. The summed E-state index contributed by atoms with van der Waals surface area (Å²) in [7, 11) is 2.80. The van der Waals surface area contributed by atoms with Crippen LogP contribution in [0.1, 0.15) is 74.7 Å². The standard InChI is InChI=1S/C38H58O12/c1-11-28-25(6)31(48-33(41)16-15-32(39)40)20-38(45,50-28)27(8)35(43)26(7)36-29(46-9)14-12-13-21(2)17-23(4)34(42)24(5)18-22(3)19-30(47-10)37(44)49-36/h12-16,18-19,23-29,31,34-36,42-43,45H,11,17,20H2,1-10H3,(H,39,40)/b14-12-,16-15+,21-13-,22-18-,30-19+/t23-,24+,25+,26-,27-,28+,29-,31+,34-,35+,36-,38+/m0/s1. The van der Waals surface area contributed by atoms with Crippen molar-refractivity contribution in [3.05, 3.63) is 59.4 Å². The number of aliphatic hydroxyl groups excluding tert-OH is 2. The van der Waals surface area contributed by atoms with Gasteiger partial charge in [0.1, 0.15) is 18.3 Å². The Morgan fingerprint density at radius 3 is 2.38 bits per heavy atom. The van der Waals surface area contributed by atoms with Crippen LogP contribution in [0.2, 0.25) is 0 Å².